The van der Waals surface area contributed by atoms with Crippen LogP contribution in [0.15, 0.2) is 18.2 Å². The van der Waals surface area contributed by atoms with Crippen molar-refractivity contribution >= 4 is 47.4 Å². The number of nitrogens with zero attached hydrogens (tertiary/aromatic N) is 1. The van der Waals surface area contributed by atoms with E-state index in [0.29, 0.717) is 19.1 Å². The Morgan fingerprint density at radius 3 is 2.62 bits per heavy atom. The standard InChI is InChI=1S/C18H24N4O2.2ClH/c19-16(11-6-8-24-9-7-11)18(23)20-13-4-5-14-15(10-13)22-17(21-14)12-2-1-3-12;;/h4-5,10-12,16H,1-3,6-9,19H2,(H,20,23)(H,21,22);2*1H. The summed E-state index contributed by atoms with van der Waals surface area (Å²) in [7, 11) is 0. The van der Waals surface area contributed by atoms with E-state index in [9.17, 15) is 4.79 Å². The number of carbonyl (C=O) groups excluding carboxylic acids is 1. The number of halogens is 2. The van der Waals surface area contributed by atoms with Crippen molar-refractivity contribution in [3.05, 3.63) is 24.0 Å². The maximum Gasteiger partial charge on any atom is 0.241 e. The number of nitrogens with one attached hydrogen (secondary N) is 2. The monoisotopic (exact) mass is 400 g/mol. The Hall–Kier alpha value is -1.34. The third kappa shape index (κ3) is 4.31. The molecule has 1 saturated carbocycles. The summed E-state index contributed by atoms with van der Waals surface area (Å²) in [4.78, 5) is 20.5. The lowest BCUT2D eigenvalue weighted by atomic mass is 9.85. The fourth-order valence-electron chi connectivity index (χ4n) is 3.50. The largest absolute Gasteiger partial charge is 0.381 e. The van der Waals surface area contributed by atoms with Crippen molar-refractivity contribution in [3.8, 4) is 0 Å². The Bertz CT molecular complexity index is 742. The quantitative estimate of drug-likeness (QED) is 0.733. The molecule has 6 nitrogen and oxygen atoms in total. The van der Waals surface area contributed by atoms with E-state index in [1.54, 1.807) is 0 Å². The zero-order valence-electron chi connectivity index (χ0n) is 14.6. The summed E-state index contributed by atoms with van der Waals surface area (Å²) in [6.07, 6.45) is 5.40. The van der Waals surface area contributed by atoms with Crippen molar-refractivity contribution in [2.45, 2.75) is 44.1 Å². The summed E-state index contributed by atoms with van der Waals surface area (Å²) in [6, 6.07) is 5.29. The summed E-state index contributed by atoms with van der Waals surface area (Å²) in [5.41, 5.74) is 8.81. The van der Waals surface area contributed by atoms with Crippen LogP contribution in [0.25, 0.3) is 11.0 Å². The molecule has 2 fully saturated rings. The molecule has 144 valence electrons. The first-order valence-electron chi connectivity index (χ1n) is 8.84. The Labute approximate surface area is 165 Å². The van der Waals surface area contributed by atoms with E-state index in [1.807, 2.05) is 18.2 Å². The molecule has 1 atom stereocenters. The summed E-state index contributed by atoms with van der Waals surface area (Å²) in [6.45, 7) is 1.38. The van der Waals surface area contributed by atoms with Crippen LogP contribution in [0.4, 0.5) is 5.69 Å². The van der Waals surface area contributed by atoms with Crippen molar-refractivity contribution in [1.29, 1.82) is 0 Å². The molecule has 4 N–H and O–H groups in total. The van der Waals surface area contributed by atoms with Crippen LogP contribution in [0, 0.1) is 5.92 Å². The van der Waals surface area contributed by atoms with E-state index in [-0.39, 0.29) is 36.6 Å². The third-order valence-corrected chi connectivity index (χ3v) is 5.34. The second-order valence-corrected chi connectivity index (χ2v) is 6.95. The highest BCUT2D eigenvalue weighted by atomic mass is 35.5. The normalized spacial score (nSPS) is 19.1. The predicted octanol–water partition coefficient (Wildman–Crippen LogP) is 3.37. The highest BCUT2D eigenvalue weighted by molar-refractivity contribution is 5.96. The van der Waals surface area contributed by atoms with Crippen molar-refractivity contribution in [3.63, 3.8) is 0 Å². The van der Waals surface area contributed by atoms with Gasteiger partial charge in [-0.3, -0.25) is 4.79 Å². The van der Waals surface area contributed by atoms with E-state index in [1.165, 1.54) is 19.3 Å². The van der Waals surface area contributed by atoms with Gasteiger partial charge in [0.1, 0.15) is 5.82 Å². The van der Waals surface area contributed by atoms with Crippen LogP contribution >= 0.6 is 24.8 Å². The van der Waals surface area contributed by atoms with E-state index in [0.717, 1.165) is 35.4 Å². The first kappa shape index (κ1) is 21.0. The Kier molecular flexibility index (Phi) is 7.29. The molecule has 4 rings (SSSR count). The molecule has 1 aliphatic heterocycles. The second-order valence-electron chi connectivity index (χ2n) is 6.95. The SMILES string of the molecule is Cl.Cl.NC(C(=O)Nc1ccc2nc(C3CCC3)[nH]c2c1)C1CCOCC1. The molecular weight excluding hydrogens is 375 g/mol. The minimum atomic E-state index is -0.489. The molecule has 1 aromatic carbocycles. The molecule has 1 aromatic heterocycles. The van der Waals surface area contributed by atoms with Crippen LogP contribution < -0.4 is 11.1 Å². The minimum Gasteiger partial charge on any atom is -0.381 e. The first-order valence-corrected chi connectivity index (χ1v) is 8.84. The molecule has 0 bridgehead atoms. The number of hydrogen-bond donors (Lipinski definition) is 3. The summed E-state index contributed by atoms with van der Waals surface area (Å²) in [5, 5.41) is 2.95. The molecule has 2 aliphatic rings. The Morgan fingerprint density at radius 1 is 1.23 bits per heavy atom. The van der Waals surface area contributed by atoms with E-state index in [2.05, 4.69) is 15.3 Å². The van der Waals surface area contributed by atoms with Gasteiger partial charge in [-0.25, -0.2) is 4.98 Å². The second kappa shape index (κ2) is 9.04. The lowest BCUT2D eigenvalue weighted by Gasteiger charge is -2.26. The number of ether oxygens (including phenoxy) is 1. The number of fused-ring (bicyclic) bond motifs is 1. The minimum absolute atomic E-state index is 0. The number of anilines is 1. The average Bonchev–Trinajstić information content (AvgIpc) is 2.95. The Morgan fingerprint density at radius 2 is 1.96 bits per heavy atom. The van der Waals surface area contributed by atoms with Gasteiger partial charge in [0.2, 0.25) is 5.91 Å². The van der Waals surface area contributed by atoms with Crippen LogP contribution in [-0.2, 0) is 9.53 Å². The molecule has 8 heteroatoms. The lowest BCUT2D eigenvalue weighted by molar-refractivity contribution is -0.119. The van der Waals surface area contributed by atoms with Gasteiger partial charge >= 0.3 is 0 Å². The number of imidazole rings is 1. The maximum atomic E-state index is 12.4. The van der Waals surface area contributed by atoms with E-state index in [4.69, 9.17) is 10.5 Å². The van der Waals surface area contributed by atoms with Crippen LogP contribution in [0.3, 0.4) is 0 Å². The molecule has 1 saturated heterocycles. The number of aromatic amines is 1. The van der Waals surface area contributed by atoms with Gasteiger partial charge in [0.25, 0.3) is 0 Å². The maximum absolute atomic E-state index is 12.4. The number of benzene rings is 1. The fraction of sp³-hybridized carbons (Fsp3) is 0.556. The van der Waals surface area contributed by atoms with Gasteiger partial charge in [-0.1, -0.05) is 6.42 Å². The summed E-state index contributed by atoms with van der Waals surface area (Å²) >= 11 is 0. The molecule has 26 heavy (non-hydrogen) atoms. The number of rotatable bonds is 4. The van der Waals surface area contributed by atoms with Gasteiger partial charge in [-0.2, -0.15) is 0 Å². The lowest BCUT2D eigenvalue weighted by Crippen LogP contribution is -2.43. The van der Waals surface area contributed by atoms with E-state index >= 15 is 0 Å². The molecule has 0 spiro atoms. The van der Waals surface area contributed by atoms with Gasteiger partial charge < -0.3 is 20.8 Å². The molecule has 1 unspecified atom stereocenters. The zero-order valence-corrected chi connectivity index (χ0v) is 16.2. The van der Waals surface area contributed by atoms with Crippen LogP contribution in [0.2, 0.25) is 0 Å². The highest BCUT2D eigenvalue weighted by Gasteiger charge is 2.27. The molecule has 2 heterocycles. The number of carbonyl (C=O) groups is 1. The van der Waals surface area contributed by atoms with E-state index < -0.39 is 6.04 Å². The van der Waals surface area contributed by atoms with Gasteiger partial charge in [0, 0.05) is 24.8 Å². The van der Waals surface area contributed by atoms with Crippen molar-refractivity contribution in [2.24, 2.45) is 11.7 Å². The number of amides is 1. The van der Waals surface area contributed by atoms with Gasteiger partial charge in [0.05, 0.1) is 17.1 Å². The summed E-state index contributed by atoms with van der Waals surface area (Å²) < 4.78 is 5.33. The van der Waals surface area contributed by atoms with Crippen molar-refractivity contribution < 1.29 is 9.53 Å². The smallest absolute Gasteiger partial charge is 0.241 e. The van der Waals surface area contributed by atoms with Gasteiger partial charge in [-0.15, -0.1) is 24.8 Å². The molecule has 2 aromatic rings. The van der Waals surface area contributed by atoms with Crippen LogP contribution in [0.1, 0.15) is 43.8 Å². The van der Waals surface area contributed by atoms with Gasteiger partial charge in [-0.05, 0) is 49.8 Å². The highest BCUT2D eigenvalue weighted by Crippen LogP contribution is 2.35. The van der Waals surface area contributed by atoms with Crippen molar-refractivity contribution in [1.82, 2.24) is 9.97 Å². The van der Waals surface area contributed by atoms with Crippen LogP contribution in [-0.4, -0.2) is 35.1 Å². The summed E-state index contributed by atoms with van der Waals surface area (Å²) in [5.74, 6) is 1.70. The molecule has 0 radical (unpaired) electrons. The number of hydrogen-bond acceptors (Lipinski definition) is 4. The fourth-order valence-corrected chi connectivity index (χ4v) is 3.50. The van der Waals surface area contributed by atoms with Gasteiger partial charge in [0.15, 0.2) is 0 Å². The van der Waals surface area contributed by atoms with Crippen molar-refractivity contribution in [2.75, 3.05) is 18.5 Å². The topological polar surface area (TPSA) is 93.0 Å². The number of aromatic nitrogens is 2. The predicted molar refractivity (Wildman–Crippen MR) is 107 cm³/mol. The number of H-pyrrole nitrogens is 1. The first-order chi connectivity index (χ1) is 11.7. The van der Waals surface area contributed by atoms with Crippen LogP contribution in [0.5, 0.6) is 0 Å². The number of nitrogens with two attached hydrogens (primary N) is 1. The molecule has 1 aliphatic carbocycles. The zero-order chi connectivity index (χ0) is 16.5. The molecular formula is C18H26Cl2N4O2. The Balaban J connectivity index is 0.00000121. The molecule has 1 amide bonds. The average molecular weight is 401 g/mol. The third-order valence-electron chi connectivity index (χ3n) is 5.34.